The Morgan fingerprint density at radius 2 is 2.14 bits per heavy atom. The molecule has 0 saturated heterocycles. The normalized spacial score (nSPS) is 10.0. The number of rotatable bonds is 4. The molecule has 72 valence electrons. The predicted molar refractivity (Wildman–Crippen MR) is 59.6 cm³/mol. The molecule has 2 nitrogen and oxygen atoms in total. The first-order valence-corrected chi connectivity index (χ1v) is 4.89. The van der Waals surface area contributed by atoms with Crippen LogP contribution in [0.3, 0.4) is 0 Å². The number of para-hydroxylation sites is 1. The Morgan fingerprint density at radius 1 is 1.36 bits per heavy atom. The van der Waals surface area contributed by atoms with E-state index in [4.69, 9.17) is 10.00 Å². The van der Waals surface area contributed by atoms with Gasteiger partial charge in [-0.25, -0.2) is 0 Å². The monoisotopic (exact) mass is 205 g/mol. The Hall–Kier alpha value is -1.40. The van der Waals surface area contributed by atoms with Gasteiger partial charge >= 0.3 is 0 Å². The van der Waals surface area contributed by atoms with Crippen molar-refractivity contribution >= 4 is 12.6 Å². The molecule has 0 unspecified atom stereocenters. The van der Waals surface area contributed by atoms with Crippen LogP contribution in [-0.4, -0.2) is 12.4 Å². The Morgan fingerprint density at radius 3 is 2.86 bits per heavy atom. The molecule has 0 fully saturated rings. The highest BCUT2D eigenvalue weighted by Crippen LogP contribution is 2.16. The van der Waals surface area contributed by atoms with Crippen LogP contribution in [0.25, 0.3) is 0 Å². The lowest BCUT2D eigenvalue weighted by molar-refractivity contribution is 0.361. The molecule has 1 aromatic carbocycles. The molecule has 0 amide bonds. The molecule has 1 rings (SSSR count). The topological polar surface area (TPSA) is 33.0 Å². The third kappa shape index (κ3) is 3.15. The zero-order chi connectivity index (χ0) is 10.2. The van der Waals surface area contributed by atoms with Gasteiger partial charge in [-0.1, -0.05) is 24.3 Å². The van der Waals surface area contributed by atoms with E-state index in [0.29, 0.717) is 23.7 Å². The molecule has 0 bridgehead atoms. The van der Waals surface area contributed by atoms with Crippen molar-refractivity contribution < 1.29 is 4.74 Å². The van der Waals surface area contributed by atoms with Crippen molar-refractivity contribution in [2.24, 2.45) is 0 Å². The van der Waals surface area contributed by atoms with Gasteiger partial charge < -0.3 is 4.74 Å². The first-order valence-electron chi connectivity index (χ1n) is 4.26. The van der Waals surface area contributed by atoms with E-state index in [1.165, 1.54) is 0 Å². The SMILES string of the molecule is N#Cc1ccccc1OCC=CCS. The van der Waals surface area contributed by atoms with Crippen LogP contribution in [0.1, 0.15) is 5.56 Å². The van der Waals surface area contributed by atoms with Crippen molar-refractivity contribution in [1.29, 1.82) is 5.26 Å². The van der Waals surface area contributed by atoms with Crippen molar-refractivity contribution in [3.8, 4) is 11.8 Å². The molecule has 14 heavy (non-hydrogen) atoms. The van der Waals surface area contributed by atoms with Gasteiger partial charge in [0, 0.05) is 5.75 Å². The minimum atomic E-state index is 0.471. The maximum atomic E-state index is 8.76. The second-order valence-electron chi connectivity index (χ2n) is 2.57. The van der Waals surface area contributed by atoms with E-state index in [1.807, 2.05) is 24.3 Å². The Labute approximate surface area is 89.2 Å². The second kappa shape index (κ2) is 6.11. The number of hydrogen-bond acceptors (Lipinski definition) is 3. The van der Waals surface area contributed by atoms with E-state index in [-0.39, 0.29) is 0 Å². The van der Waals surface area contributed by atoms with E-state index in [0.717, 1.165) is 0 Å². The standard InChI is InChI=1S/C11H11NOS/c12-9-10-5-1-2-6-11(10)13-7-3-4-8-14/h1-6,14H,7-8H2. The smallest absolute Gasteiger partial charge is 0.137 e. The number of thiol groups is 1. The zero-order valence-corrected chi connectivity index (χ0v) is 8.58. The molecule has 0 radical (unpaired) electrons. The highest BCUT2D eigenvalue weighted by molar-refractivity contribution is 7.80. The van der Waals surface area contributed by atoms with Gasteiger partial charge in [-0.3, -0.25) is 0 Å². The molecule has 0 N–H and O–H groups in total. The number of nitrogens with zero attached hydrogens (tertiary/aromatic N) is 1. The van der Waals surface area contributed by atoms with Crippen LogP contribution in [0.4, 0.5) is 0 Å². The fraction of sp³-hybridized carbons (Fsp3) is 0.182. The molecule has 0 aliphatic heterocycles. The van der Waals surface area contributed by atoms with Gasteiger partial charge in [0.15, 0.2) is 0 Å². The lowest BCUT2D eigenvalue weighted by Gasteiger charge is -2.03. The largest absolute Gasteiger partial charge is 0.488 e. The Kier molecular flexibility index (Phi) is 4.66. The summed E-state index contributed by atoms with van der Waals surface area (Å²) in [5.74, 6) is 1.32. The van der Waals surface area contributed by atoms with E-state index >= 15 is 0 Å². The molecular formula is C11H11NOS. The van der Waals surface area contributed by atoms with Crippen molar-refractivity contribution in [1.82, 2.24) is 0 Å². The number of ether oxygens (including phenoxy) is 1. The number of hydrogen-bond donors (Lipinski definition) is 1. The lowest BCUT2D eigenvalue weighted by atomic mass is 10.2. The molecule has 0 aliphatic rings. The van der Waals surface area contributed by atoms with Crippen LogP contribution in [-0.2, 0) is 0 Å². The summed E-state index contributed by atoms with van der Waals surface area (Å²) in [7, 11) is 0. The summed E-state index contributed by atoms with van der Waals surface area (Å²) >= 11 is 4.02. The van der Waals surface area contributed by atoms with Gasteiger partial charge in [0.1, 0.15) is 18.4 Å². The second-order valence-corrected chi connectivity index (χ2v) is 2.94. The first kappa shape index (κ1) is 10.7. The third-order valence-electron chi connectivity index (χ3n) is 1.61. The van der Waals surface area contributed by atoms with Crippen LogP contribution in [0.15, 0.2) is 36.4 Å². The van der Waals surface area contributed by atoms with Gasteiger partial charge in [0.05, 0.1) is 5.56 Å². The quantitative estimate of drug-likeness (QED) is 0.605. The van der Waals surface area contributed by atoms with E-state index < -0.39 is 0 Å². The summed E-state index contributed by atoms with van der Waals surface area (Å²) in [6, 6.07) is 9.25. The van der Waals surface area contributed by atoms with Crippen LogP contribution in [0.2, 0.25) is 0 Å². The molecule has 0 saturated carbocycles. The maximum Gasteiger partial charge on any atom is 0.137 e. The van der Waals surface area contributed by atoms with Gasteiger partial charge in [0.2, 0.25) is 0 Å². The van der Waals surface area contributed by atoms with Crippen LogP contribution in [0.5, 0.6) is 5.75 Å². The summed E-state index contributed by atoms with van der Waals surface area (Å²) in [5.41, 5.74) is 0.562. The summed E-state index contributed by atoms with van der Waals surface area (Å²) in [6.07, 6.45) is 3.78. The summed E-state index contributed by atoms with van der Waals surface area (Å²) in [4.78, 5) is 0. The fourth-order valence-electron chi connectivity index (χ4n) is 0.965. The zero-order valence-electron chi connectivity index (χ0n) is 7.68. The third-order valence-corrected chi connectivity index (χ3v) is 1.83. The predicted octanol–water partition coefficient (Wildman–Crippen LogP) is 2.42. The van der Waals surface area contributed by atoms with Crippen molar-refractivity contribution in [2.75, 3.05) is 12.4 Å². The lowest BCUT2D eigenvalue weighted by Crippen LogP contribution is -1.95. The highest BCUT2D eigenvalue weighted by atomic mass is 32.1. The van der Waals surface area contributed by atoms with Crippen molar-refractivity contribution in [3.63, 3.8) is 0 Å². The van der Waals surface area contributed by atoms with Gasteiger partial charge in [0.25, 0.3) is 0 Å². The average molecular weight is 205 g/mol. The van der Waals surface area contributed by atoms with Gasteiger partial charge in [-0.15, -0.1) is 0 Å². The number of benzene rings is 1. The van der Waals surface area contributed by atoms with Gasteiger partial charge in [-0.05, 0) is 12.1 Å². The van der Waals surface area contributed by atoms with Crippen LogP contribution in [0, 0.1) is 11.3 Å². The van der Waals surface area contributed by atoms with Gasteiger partial charge in [-0.2, -0.15) is 17.9 Å². The minimum absolute atomic E-state index is 0.471. The molecule has 1 aromatic rings. The Balaban J connectivity index is 2.59. The fourth-order valence-corrected chi connectivity index (χ4v) is 1.11. The summed E-state index contributed by atoms with van der Waals surface area (Å²) < 4.78 is 5.39. The molecule has 3 heteroatoms. The summed E-state index contributed by atoms with van der Waals surface area (Å²) in [5, 5.41) is 8.76. The molecule has 0 spiro atoms. The van der Waals surface area contributed by atoms with Crippen molar-refractivity contribution in [3.05, 3.63) is 42.0 Å². The van der Waals surface area contributed by atoms with E-state index in [9.17, 15) is 0 Å². The van der Waals surface area contributed by atoms with Crippen LogP contribution >= 0.6 is 12.6 Å². The molecule has 0 aromatic heterocycles. The molecule has 0 aliphatic carbocycles. The summed E-state index contributed by atoms with van der Waals surface area (Å²) in [6.45, 7) is 0.471. The maximum absolute atomic E-state index is 8.76. The Bertz CT molecular complexity index is 355. The molecule has 0 heterocycles. The average Bonchev–Trinajstić information content (AvgIpc) is 2.25. The molecule has 0 atom stereocenters. The van der Waals surface area contributed by atoms with Crippen LogP contribution < -0.4 is 4.74 Å². The minimum Gasteiger partial charge on any atom is -0.488 e. The molecular weight excluding hydrogens is 194 g/mol. The van der Waals surface area contributed by atoms with Crippen molar-refractivity contribution in [2.45, 2.75) is 0 Å². The first-order chi connectivity index (χ1) is 6.88. The van der Waals surface area contributed by atoms with E-state index in [2.05, 4.69) is 18.7 Å². The van der Waals surface area contributed by atoms with E-state index in [1.54, 1.807) is 12.1 Å². The number of nitriles is 1. The highest BCUT2D eigenvalue weighted by Gasteiger charge is 1.98.